The van der Waals surface area contributed by atoms with E-state index in [-0.39, 0.29) is 40.6 Å². The summed E-state index contributed by atoms with van der Waals surface area (Å²) in [5, 5.41) is 16.3. The summed E-state index contributed by atoms with van der Waals surface area (Å²) >= 11 is 18.4. The first-order valence-electron chi connectivity index (χ1n) is 25.9. The van der Waals surface area contributed by atoms with Crippen LogP contribution in [0.15, 0.2) is 172 Å². The van der Waals surface area contributed by atoms with Crippen molar-refractivity contribution in [3.05, 3.63) is 204 Å². The number of rotatable bonds is 16. The Kier molecular flexibility index (Phi) is 24.2. The number of nitrogens with one attached hydrogen (secondary N) is 2. The number of phenols is 1. The van der Waals surface area contributed by atoms with Crippen molar-refractivity contribution in [1.82, 2.24) is 5.32 Å². The van der Waals surface area contributed by atoms with Gasteiger partial charge in [-0.3, -0.25) is 9.59 Å². The van der Waals surface area contributed by atoms with Crippen LogP contribution in [0.5, 0.6) is 11.5 Å². The molecule has 0 spiro atoms. The fraction of sp³-hybridized carbons (Fsp3) is 0.328. The zero-order valence-corrected chi connectivity index (χ0v) is 49.6. The highest BCUT2D eigenvalue weighted by Crippen LogP contribution is 2.44. The monoisotopic (exact) mass is 1130 g/mol. The van der Waals surface area contributed by atoms with Gasteiger partial charge in [0, 0.05) is 39.3 Å². The number of aromatic hydroxyl groups is 1. The maximum absolute atomic E-state index is 12.6. The normalized spacial score (nSPS) is 15.6. The number of hydrogen-bond acceptors (Lipinski definition) is 11. The molecule has 1 amide bonds. The Bertz CT molecular complexity index is 3070. The van der Waals surface area contributed by atoms with Crippen LogP contribution in [-0.2, 0) is 33.4 Å². The third-order valence-electron chi connectivity index (χ3n) is 12.7. The van der Waals surface area contributed by atoms with E-state index >= 15 is 0 Å². The van der Waals surface area contributed by atoms with Crippen molar-refractivity contribution >= 4 is 70.1 Å². The first kappa shape index (κ1) is 64.4. The molecule has 0 radical (unpaired) electrons. The van der Waals surface area contributed by atoms with Gasteiger partial charge in [-0.05, 0) is 189 Å². The van der Waals surface area contributed by atoms with Gasteiger partial charge < -0.3 is 34.7 Å². The standard InChI is InChI=1S/C26H33NO2.C20H21ClO4.C18H19Cl2NO4/c1-19(11-16-24-21(3)10-7-17-26(24,4)5)8-6-9-20(2)18-25(29)27-22-12-14-23(28)15-13-22;1-13(2)24-19(23)20(3,4)25-17-11-7-15(8-12-17)18(22)14-5-9-16(21)10-6-14;1-5-25-18(23)14-10(3)21-9(2)13(17(22)24-4)15(14)11-7-6-8-12(19)16(11)20/h6,8-9,11-16,18,28H,7,10,17H2,1-5H3,(H,27,29);5-13H,1-4H3;6-8,15,21H,5H2,1-4H3/b9-6+,16-11+,19-8+,20-18+;;. The van der Waals surface area contributed by atoms with Gasteiger partial charge in [0.25, 0.3) is 0 Å². The number of carbonyl (C=O) groups is 5. The third kappa shape index (κ3) is 19.0. The van der Waals surface area contributed by atoms with Crippen LogP contribution in [-0.4, -0.2) is 60.1 Å². The van der Waals surface area contributed by atoms with Crippen LogP contribution in [0.25, 0.3) is 0 Å². The van der Waals surface area contributed by atoms with Gasteiger partial charge in [0.2, 0.25) is 5.91 Å². The molecule has 1 unspecified atom stereocenters. The Morgan fingerprint density at radius 2 is 1.42 bits per heavy atom. The number of ketones is 1. The van der Waals surface area contributed by atoms with Crippen LogP contribution >= 0.6 is 34.8 Å². The van der Waals surface area contributed by atoms with Crippen molar-refractivity contribution in [3.8, 4) is 11.5 Å². The van der Waals surface area contributed by atoms with E-state index in [0.717, 1.165) is 5.57 Å². The molecule has 79 heavy (non-hydrogen) atoms. The molecule has 0 bridgehead atoms. The third-order valence-corrected chi connectivity index (χ3v) is 13.7. The number of ether oxygens (including phenoxy) is 4. The van der Waals surface area contributed by atoms with Crippen molar-refractivity contribution in [2.75, 3.05) is 19.0 Å². The Labute approximate surface area is 480 Å². The summed E-state index contributed by atoms with van der Waals surface area (Å²) in [5.41, 5.74) is 8.16. The number of allylic oxidation sites excluding steroid dienone is 11. The molecule has 0 saturated heterocycles. The molecule has 12 nitrogen and oxygen atoms in total. The molecule has 1 aliphatic heterocycles. The highest BCUT2D eigenvalue weighted by molar-refractivity contribution is 6.42. The minimum atomic E-state index is -1.12. The topological polar surface area (TPSA) is 167 Å². The Hall–Kier alpha value is -7.12. The van der Waals surface area contributed by atoms with Gasteiger partial charge in [0.15, 0.2) is 11.4 Å². The van der Waals surface area contributed by atoms with Crippen LogP contribution in [0.1, 0.15) is 130 Å². The van der Waals surface area contributed by atoms with Gasteiger partial charge in [-0.15, -0.1) is 0 Å². The van der Waals surface area contributed by atoms with E-state index in [4.69, 9.17) is 53.8 Å². The van der Waals surface area contributed by atoms with Crippen molar-refractivity contribution in [1.29, 1.82) is 0 Å². The number of dihydropyridines is 1. The number of phenolic OH excluding ortho intramolecular Hbond substituents is 1. The lowest BCUT2D eigenvalue weighted by Gasteiger charge is -2.32. The molecular weight excluding hydrogens is 1060 g/mol. The molecule has 1 aliphatic carbocycles. The second kappa shape index (κ2) is 29.7. The number of anilines is 1. The number of esters is 3. The molecule has 6 rings (SSSR count). The largest absolute Gasteiger partial charge is 0.508 e. The minimum Gasteiger partial charge on any atom is -0.508 e. The predicted molar refractivity (Wildman–Crippen MR) is 317 cm³/mol. The summed E-state index contributed by atoms with van der Waals surface area (Å²) in [4.78, 5) is 61.5. The summed E-state index contributed by atoms with van der Waals surface area (Å²) in [7, 11) is 1.29. The second-order valence-electron chi connectivity index (χ2n) is 20.4. The van der Waals surface area contributed by atoms with Crippen molar-refractivity contribution in [2.45, 2.75) is 120 Å². The van der Waals surface area contributed by atoms with Gasteiger partial charge in [0.1, 0.15) is 11.5 Å². The molecule has 3 N–H and O–H groups in total. The number of carbonyl (C=O) groups excluding carboxylic acids is 5. The van der Waals surface area contributed by atoms with Crippen molar-refractivity contribution in [3.63, 3.8) is 0 Å². The van der Waals surface area contributed by atoms with E-state index in [1.807, 2.05) is 19.1 Å². The molecule has 4 aromatic carbocycles. The molecule has 0 aromatic heterocycles. The summed E-state index contributed by atoms with van der Waals surface area (Å²) in [6.45, 7) is 23.1. The van der Waals surface area contributed by atoms with Gasteiger partial charge in [-0.2, -0.15) is 0 Å². The SMILES string of the molecule is CC(C)OC(=O)C(C)(C)Oc1ccc(C(=O)c2ccc(Cl)cc2)cc1.CC1=C(/C=C/C(C)=C/C=C/C(C)=C/C(=O)Nc2ccc(O)cc2)C(C)(C)CCC1.CCOC(=O)C1=C(C)NC(C)=C(C(=O)OC)C1c1cccc(Cl)c1Cl. The zero-order chi connectivity index (χ0) is 58.8. The van der Waals surface area contributed by atoms with E-state index in [1.54, 1.807) is 146 Å². The average molecular weight is 1140 g/mol. The number of methoxy groups -OCH3 is 1. The lowest BCUT2D eigenvalue weighted by atomic mass is 9.72. The van der Waals surface area contributed by atoms with Crippen molar-refractivity contribution in [2.24, 2.45) is 5.41 Å². The predicted octanol–water partition coefficient (Wildman–Crippen LogP) is 15.5. The van der Waals surface area contributed by atoms with E-state index in [9.17, 15) is 29.1 Å². The summed E-state index contributed by atoms with van der Waals surface area (Å²) in [6.07, 6.45) is 15.4. The lowest BCUT2D eigenvalue weighted by molar-refractivity contribution is -0.163. The van der Waals surface area contributed by atoms with E-state index < -0.39 is 29.4 Å². The quantitative estimate of drug-likeness (QED) is 0.0244. The molecule has 420 valence electrons. The zero-order valence-electron chi connectivity index (χ0n) is 47.4. The van der Waals surface area contributed by atoms with E-state index in [0.29, 0.717) is 60.7 Å². The van der Waals surface area contributed by atoms with Crippen LogP contribution in [0, 0.1) is 5.41 Å². The highest BCUT2D eigenvalue weighted by Gasteiger charge is 2.39. The van der Waals surface area contributed by atoms with Gasteiger partial charge >= 0.3 is 17.9 Å². The molecule has 1 heterocycles. The number of benzene rings is 4. The number of hydrogen-bond donors (Lipinski definition) is 3. The fourth-order valence-electron chi connectivity index (χ4n) is 8.65. The Morgan fingerprint density at radius 3 is 1.99 bits per heavy atom. The van der Waals surface area contributed by atoms with Crippen LogP contribution in [0.2, 0.25) is 15.1 Å². The molecule has 0 fully saturated rings. The second-order valence-corrected chi connectivity index (χ2v) is 21.6. The maximum atomic E-state index is 12.6. The minimum absolute atomic E-state index is 0.110. The van der Waals surface area contributed by atoms with Gasteiger partial charge in [0.05, 0.1) is 46.9 Å². The van der Waals surface area contributed by atoms with Crippen molar-refractivity contribution < 1.29 is 48.0 Å². The smallest absolute Gasteiger partial charge is 0.350 e. The first-order chi connectivity index (χ1) is 37.2. The van der Waals surface area contributed by atoms with Crippen LogP contribution in [0.4, 0.5) is 5.69 Å². The summed E-state index contributed by atoms with van der Waals surface area (Å²) < 4.78 is 21.0. The molecule has 15 heteroatoms. The number of amides is 1. The van der Waals surface area contributed by atoms with E-state index in [2.05, 4.69) is 56.6 Å². The van der Waals surface area contributed by atoms with Crippen LogP contribution in [0.3, 0.4) is 0 Å². The highest BCUT2D eigenvalue weighted by atomic mass is 35.5. The Balaban J connectivity index is 0.000000256. The Morgan fingerprint density at radius 1 is 0.823 bits per heavy atom. The summed E-state index contributed by atoms with van der Waals surface area (Å²) in [6, 6.07) is 24.9. The summed E-state index contributed by atoms with van der Waals surface area (Å²) in [5.74, 6) is -1.90. The molecule has 4 aromatic rings. The van der Waals surface area contributed by atoms with E-state index in [1.165, 1.54) is 43.1 Å². The van der Waals surface area contributed by atoms with Gasteiger partial charge in [-0.25, -0.2) is 14.4 Å². The fourth-order valence-corrected chi connectivity index (χ4v) is 9.20. The first-order valence-corrected chi connectivity index (χ1v) is 27.0. The average Bonchev–Trinajstić information content (AvgIpc) is 3.38. The van der Waals surface area contributed by atoms with Crippen LogP contribution < -0.4 is 15.4 Å². The number of halogens is 3. The molecule has 0 saturated carbocycles. The molecule has 2 aliphatic rings. The molecular formula is C64H73Cl3N2O10. The van der Waals surface area contributed by atoms with Gasteiger partial charge in [-0.1, -0.05) is 102 Å². The maximum Gasteiger partial charge on any atom is 0.350 e. The molecule has 1 atom stereocenters. The lowest BCUT2D eigenvalue weighted by Crippen LogP contribution is -2.40.